The van der Waals surface area contributed by atoms with Gasteiger partial charge >= 0.3 is 0 Å². The summed E-state index contributed by atoms with van der Waals surface area (Å²) in [5, 5.41) is 24.6. The molecule has 3 atom stereocenters. The minimum Gasteiger partial charge on any atom is -0.483 e. The van der Waals surface area contributed by atoms with Crippen molar-refractivity contribution in [2.45, 2.75) is 37.8 Å². The SMILES string of the molecule is O=C(N[C@H]1CC[C@H](C(=O)NCCc2cccnc2)C[C@@H]1O)c1cscn1.O=CO. The van der Waals surface area contributed by atoms with Crippen molar-refractivity contribution in [3.63, 3.8) is 0 Å². The number of hydrogen-bond acceptors (Lipinski definition) is 7. The van der Waals surface area contributed by atoms with Gasteiger partial charge in [-0.05, 0) is 37.3 Å². The second-order valence-corrected chi connectivity index (χ2v) is 7.26. The first-order valence-electron chi connectivity index (χ1n) is 9.16. The second kappa shape index (κ2) is 11.9. The molecule has 0 aliphatic heterocycles. The highest BCUT2D eigenvalue weighted by Gasteiger charge is 2.33. The van der Waals surface area contributed by atoms with Gasteiger partial charge in [-0.2, -0.15) is 0 Å². The molecule has 1 aliphatic rings. The molecule has 2 aromatic heterocycles. The number of rotatable bonds is 6. The van der Waals surface area contributed by atoms with Crippen molar-refractivity contribution in [3.8, 4) is 0 Å². The molecule has 29 heavy (non-hydrogen) atoms. The van der Waals surface area contributed by atoms with Crippen LogP contribution in [-0.4, -0.2) is 57.2 Å². The smallest absolute Gasteiger partial charge is 0.290 e. The molecule has 10 heteroatoms. The molecule has 0 unspecified atom stereocenters. The topological polar surface area (TPSA) is 142 Å². The largest absolute Gasteiger partial charge is 0.483 e. The Balaban J connectivity index is 0.000000941. The van der Waals surface area contributed by atoms with Gasteiger partial charge in [0.2, 0.25) is 5.91 Å². The van der Waals surface area contributed by atoms with E-state index in [0.29, 0.717) is 31.5 Å². The van der Waals surface area contributed by atoms with Crippen LogP contribution < -0.4 is 10.6 Å². The zero-order chi connectivity index (χ0) is 21.1. The molecular formula is C19H24N4O5S. The molecular weight excluding hydrogens is 396 g/mol. The maximum atomic E-state index is 12.3. The van der Waals surface area contributed by atoms with Crippen molar-refractivity contribution in [3.05, 3.63) is 46.7 Å². The van der Waals surface area contributed by atoms with Gasteiger partial charge in [-0.1, -0.05) is 6.07 Å². The summed E-state index contributed by atoms with van der Waals surface area (Å²) in [6.07, 6.45) is 5.04. The zero-order valence-electron chi connectivity index (χ0n) is 15.7. The minimum absolute atomic E-state index is 0.0442. The van der Waals surface area contributed by atoms with E-state index in [4.69, 9.17) is 9.90 Å². The fraction of sp³-hybridized carbons (Fsp3) is 0.421. The van der Waals surface area contributed by atoms with Crippen molar-refractivity contribution in [1.82, 2.24) is 20.6 Å². The third kappa shape index (κ3) is 7.24. The Morgan fingerprint density at radius 3 is 2.76 bits per heavy atom. The molecule has 2 aromatic rings. The molecule has 0 bridgehead atoms. The Kier molecular flexibility index (Phi) is 9.19. The van der Waals surface area contributed by atoms with Gasteiger partial charge in [0.1, 0.15) is 5.69 Å². The third-order valence-corrected chi connectivity index (χ3v) is 5.19. The predicted octanol–water partition coefficient (Wildman–Crippen LogP) is 0.857. The number of carbonyl (C=O) groups excluding carboxylic acids is 2. The predicted molar refractivity (Wildman–Crippen MR) is 106 cm³/mol. The van der Waals surface area contributed by atoms with E-state index in [1.807, 2.05) is 12.1 Å². The van der Waals surface area contributed by atoms with E-state index in [1.165, 1.54) is 11.3 Å². The molecule has 2 heterocycles. The highest BCUT2D eigenvalue weighted by atomic mass is 32.1. The van der Waals surface area contributed by atoms with Crippen molar-refractivity contribution >= 4 is 29.6 Å². The highest BCUT2D eigenvalue weighted by Crippen LogP contribution is 2.25. The van der Waals surface area contributed by atoms with Gasteiger partial charge in [-0.3, -0.25) is 19.4 Å². The van der Waals surface area contributed by atoms with Gasteiger partial charge in [-0.15, -0.1) is 11.3 Å². The quantitative estimate of drug-likeness (QED) is 0.508. The van der Waals surface area contributed by atoms with E-state index in [9.17, 15) is 14.7 Å². The Morgan fingerprint density at radius 2 is 2.14 bits per heavy atom. The summed E-state index contributed by atoms with van der Waals surface area (Å²) in [6.45, 7) is 0.293. The van der Waals surface area contributed by atoms with Crippen LogP contribution in [0.1, 0.15) is 35.3 Å². The van der Waals surface area contributed by atoms with Gasteiger partial charge < -0.3 is 20.8 Å². The van der Waals surface area contributed by atoms with E-state index in [-0.39, 0.29) is 30.2 Å². The Morgan fingerprint density at radius 1 is 1.34 bits per heavy atom. The fourth-order valence-electron chi connectivity index (χ4n) is 3.14. The Hall–Kier alpha value is -2.85. The summed E-state index contributed by atoms with van der Waals surface area (Å²) in [6, 6.07) is 3.50. The van der Waals surface area contributed by atoms with E-state index < -0.39 is 6.10 Å². The average molecular weight is 420 g/mol. The third-order valence-electron chi connectivity index (χ3n) is 4.60. The van der Waals surface area contributed by atoms with Crippen LogP contribution in [0.4, 0.5) is 0 Å². The first-order chi connectivity index (χ1) is 14.0. The first kappa shape index (κ1) is 22.4. The second-order valence-electron chi connectivity index (χ2n) is 6.54. The Labute approximate surface area is 172 Å². The van der Waals surface area contributed by atoms with Gasteiger partial charge in [0.05, 0.1) is 17.7 Å². The number of aromatic nitrogens is 2. The standard InChI is InChI=1S/C18H22N4O3S.CH2O2/c23-16-8-13(17(24)20-7-5-12-2-1-6-19-9-12)3-4-14(16)22-18(25)15-10-26-11-21-15;2-1-3/h1-2,6,9-11,13-14,16,23H,3-5,7-8H2,(H,20,24)(H,22,25);1H,(H,2,3)/t13-,14-,16-;/m0./s1. The molecule has 0 radical (unpaired) electrons. The van der Waals surface area contributed by atoms with Crippen LogP contribution in [0.2, 0.25) is 0 Å². The molecule has 1 fully saturated rings. The number of aliphatic hydroxyl groups excluding tert-OH is 1. The van der Waals surface area contributed by atoms with Crippen LogP contribution in [0.5, 0.6) is 0 Å². The first-order valence-corrected chi connectivity index (χ1v) is 10.1. The van der Waals surface area contributed by atoms with Crippen LogP contribution in [0.25, 0.3) is 0 Å². The van der Waals surface area contributed by atoms with E-state index in [0.717, 1.165) is 12.0 Å². The van der Waals surface area contributed by atoms with Crippen molar-refractivity contribution in [1.29, 1.82) is 0 Å². The summed E-state index contributed by atoms with van der Waals surface area (Å²) in [4.78, 5) is 40.7. The number of nitrogens with one attached hydrogen (secondary N) is 2. The molecule has 9 nitrogen and oxygen atoms in total. The molecule has 3 rings (SSSR count). The van der Waals surface area contributed by atoms with Crippen LogP contribution in [-0.2, 0) is 16.0 Å². The number of carbonyl (C=O) groups is 3. The Bertz CT molecular complexity index is 772. The number of nitrogens with zero attached hydrogens (tertiary/aromatic N) is 2. The zero-order valence-corrected chi connectivity index (χ0v) is 16.5. The number of thiazole rings is 1. The number of amides is 2. The monoisotopic (exact) mass is 420 g/mol. The van der Waals surface area contributed by atoms with Crippen molar-refractivity contribution < 1.29 is 24.6 Å². The molecule has 1 saturated carbocycles. The number of hydrogen-bond donors (Lipinski definition) is 4. The summed E-state index contributed by atoms with van der Waals surface area (Å²) >= 11 is 1.35. The molecule has 2 amide bonds. The lowest BCUT2D eigenvalue weighted by molar-refractivity contribution is -0.127. The summed E-state index contributed by atoms with van der Waals surface area (Å²) in [5.41, 5.74) is 3.02. The molecule has 0 aromatic carbocycles. The summed E-state index contributed by atoms with van der Waals surface area (Å²) < 4.78 is 0. The summed E-state index contributed by atoms with van der Waals surface area (Å²) in [7, 11) is 0. The molecule has 0 saturated heterocycles. The minimum atomic E-state index is -0.736. The van der Waals surface area contributed by atoms with Crippen molar-refractivity contribution in [2.75, 3.05) is 6.54 Å². The lowest BCUT2D eigenvalue weighted by atomic mass is 9.83. The molecule has 4 N–H and O–H groups in total. The van der Waals surface area contributed by atoms with Crippen molar-refractivity contribution in [2.24, 2.45) is 5.92 Å². The van der Waals surface area contributed by atoms with E-state index in [1.54, 1.807) is 23.3 Å². The lowest BCUT2D eigenvalue weighted by Gasteiger charge is -2.32. The van der Waals surface area contributed by atoms with E-state index >= 15 is 0 Å². The molecule has 0 spiro atoms. The number of pyridine rings is 1. The fourth-order valence-corrected chi connectivity index (χ4v) is 3.67. The van der Waals surface area contributed by atoms with Crippen LogP contribution >= 0.6 is 11.3 Å². The number of carboxylic acid groups (broad SMARTS) is 1. The van der Waals surface area contributed by atoms with Gasteiger partial charge in [0, 0.05) is 30.2 Å². The maximum absolute atomic E-state index is 12.3. The van der Waals surface area contributed by atoms with Gasteiger partial charge in [0.15, 0.2) is 0 Å². The van der Waals surface area contributed by atoms with Crippen LogP contribution in [0.3, 0.4) is 0 Å². The van der Waals surface area contributed by atoms with Crippen LogP contribution in [0.15, 0.2) is 35.4 Å². The maximum Gasteiger partial charge on any atom is 0.290 e. The highest BCUT2D eigenvalue weighted by molar-refractivity contribution is 7.07. The van der Waals surface area contributed by atoms with E-state index in [2.05, 4.69) is 20.6 Å². The normalized spacial score (nSPS) is 20.7. The lowest BCUT2D eigenvalue weighted by Crippen LogP contribution is -2.49. The molecule has 156 valence electrons. The van der Waals surface area contributed by atoms with Crippen LogP contribution in [0, 0.1) is 5.92 Å². The molecule has 1 aliphatic carbocycles. The van der Waals surface area contributed by atoms with Gasteiger partial charge in [0.25, 0.3) is 12.4 Å². The number of aliphatic hydroxyl groups is 1. The average Bonchev–Trinajstić information content (AvgIpc) is 3.26. The summed E-state index contributed by atoms with van der Waals surface area (Å²) in [5.74, 6) is -0.557. The van der Waals surface area contributed by atoms with Gasteiger partial charge in [-0.25, -0.2) is 4.98 Å².